The highest BCUT2D eigenvalue weighted by atomic mass is 16.5. The summed E-state index contributed by atoms with van der Waals surface area (Å²) in [6, 6.07) is 5.70. The van der Waals surface area contributed by atoms with Crippen molar-refractivity contribution in [1.29, 1.82) is 0 Å². The fraction of sp³-hybridized carbons (Fsp3) is 0.471. The number of anilines is 1. The van der Waals surface area contributed by atoms with Crippen LogP contribution in [0.5, 0.6) is 0 Å². The average molecular weight is 314 g/mol. The maximum atomic E-state index is 12.5. The minimum atomic E-state index is -0.748. The molecule has 0 bridgehead atoms. The summed E-state index contributed by atoms with van der Waals surface area (Å²) in [5.41, 5.74) is 7.97. The topological polar surface area (TPSA) is 94.0 Å². The first kappa shape index (κ1) is 15.7. The lowest BCUT2D eigenvalue weighted by atomic mass is 9.97. The van der Waals surface area contributed by atoms with Crippen molar-refractivity contribution in [3.63, 3.8) is 0 Å². The lowest BCUT2D eigenvalue weighted by Gasteiger charge is -2.23. The van der Waals surface area contributed by atoms with E-state index in [0.29, 0.717) is 18.1 Å². The number of nitrogens with two attached hydrogens (primary N) is 1. The molecule has 1 aromatic carbocycles. The van der Waals surface area contributed by atoms with Crippen molar-refractivity contribution in [2.75, 3.05) is 5.32 Å². The van der Waals surface area contributed by atoms with Gasteiger partial charge in [0.2, 0.25) is 5.91 Å². The number of nitrogens with one attached hydrogen (secondary N) is 1. The van der Waals surface area contributed by atoms with Gasteiger partial charge in [0.1, 0.15) is 0 Å². The fourth-order valence-corrected chi connectivity index (χ4v) is 2.88. The molecule has 1 aromatic heterocycles. The van der Waals surface area contributed by atoms with Gasteiger partial charge in [-0.2, -0.15) is 4.98 Å². The number of rotatable bonds is 4. The summed E-state index contributed by atoms with van der Waals surface area (Å²) < 4.78 is 5.26. The number of hydrogen-bond donors (Lipinski definition) is 2. The van der Waals surface area contributed by atoms with Gasteiger partial charge in [0, 0.05) is 17.7 Å². The van der Waals surface area contributed by atoms with Gasteiger partial charge in [-0.15, -0.1) is 0 Å². The largest absolute Gasteiger partial charge is 0.334 e. The molecule has 0 saturated heterocycles. The Morgan fingerprint density at radius 1 is 1.39 bits per heavy atom. The van der Waals surface area contributed by atoms with Crippen LogP contribution >= 0.6 is 0 Å². The summed E-state index contributed by atoms with van der Waals surface area (Å²) in [4.78, 5) is 16.8. The fourth-order valence-electron chi connectivity index (χ4n) is 2.88. The average Bonchev–Trinajstić information content (AvgIpc) is 3.19. The van der Waals surface area contributed by atoms with Crippen molar-refractivity contribution in [2.24, 2.45) is 5.73 Å². The van der Waals surface area contributed by atoms with Gasteiger partial charge in [0.15, 0.2) is 5.82 Å². The van der Waals surface area contributed by atoms with Gasteiger partial charge in [-0.3, -0.25) is 4.79 Å². The third kappa shape index (κ3) is 3.12. The van der Waals surface area contributed by atoms with Crippen molar-refractivity contribution in [2.45, 2.75) is 51.5 Å². The molecule has 0 spiro atoms. The molecule has 0 aliphatic heterocycles. The minimum absolute atomic E-state index is 0.116. The zero-order valence-corrected chi connectivity index (χ0v) is 13.6. The Balaban J connectivity index is 1.84. The third-order valence-corrected chi connectivity index (χ3v) is 4.47. The van der Waals surface area contributed by atoms with Crippen LogP contribution in [0.25, 0.3) is 11.5 Å². The van der Waals surface area contributed by atoms with Crippen LogP contribution < -0.4 is 11.1 Å². The highest BCUT2D eigenvalue weighted by molar-refractivity contribution is 5.99. The predicted molar refractivity (Wildman–Crippen MR) is 87.9 cm³/mol. The van der Waals surface area contributed by atoms with Crippen LogP contribution in [-0.2, 0) is 11.2 Å². The number of benzene rings is 1. The lowest BCUT2D eigenvalue weighted by molar-refractivity contribution is -0.121. The molecule has 3 N–H and O–H groups in total. The molecule has 0 radical (unpaired) electrons. The van der Waals surface area contributed by atoms with Gasteiger partial charge >= 0.3 is 0 Å². The van der Waals surface area contributed by atoms with E-state index < -0.39 is 5.54 Å². The maximum absolute atomic E-state index is 12.5. The molecule has 1 saturated carbocycles. The van der Waals surface area contributed by atoms with Gasteiger partial charge in [-0.25, -0.2) is 0 Å². The molecular weight excluding hydrogens is 292 g/mol. The van der Waals surface area contributed by atoms with Crippen molar-refractivity contribution in [1.82, 2.24) is 10.1 Å². The lowest BCUT2D eigenvalue weighted by Crippen LogP contribution is -2.48. The summed E-state index contributed by atoms with van der Waals surface area (Å²) in [6.45, 7) is 3.92. The summed E-state index contributed by atoms with van der Waals surface area (Å²) in [6.07, 6.45) is 4.20. The molecule has 6 nitrogen and oxygen atoms in total. The Morgan fingerprint density at radius 3 is 2.78 bits per heavy atom. The number of aryl methyl sites for hydroxylation is 2. The first-order chi connectivity index (χ1) is 11.0. The molecule has 1 fully saturated rings. The van der Waals surface area contributed by atoms with Crippen molar-refractivity contribution in [3.05, 3.63) is 29.6 Å². The zero-order valence-electron chi connectivity index (χ0n) is 13.6. The van der Waals surface area contributed by atoms with Crippen LogP contribution in [0, 0.1) is 6.92 Å². The van der Waals surface area contributed by atoms with Gasteiger partial charge in [-0.05, 0) is 37.5 Å². The van der Waals surface area contributed by atoms with Crippen molar-refractivity contribution < 1.29 is 9.32 Å². The third-order valence-electron chi connectivity index (χ3n) is 4.47. The Kier molecular flexibility index (Phi) is 4.17. The first-order valence-corrected chi connectivity index (χ1v) is 8.06. The highest BCUT2D eigenvalue weighted by Crippen LogP contribution is 2.30. The van der Waals surface area contributed by atoms with Crippen LogP contribution in [0.3, 0.4) is 0 Å². The first-order valence-electron chi connectivity index (χ1n) is 8.06. The van der Waals surface area contributed by atoms with E-state index in [1.807, 2.05) is 32.0 Å². The Hall–Kier alpha value is -2.21. The molecule has 0 atom stereocenters. The monoisotopic (exact) mass is 314 g/mol. The maximum Gasteiger partial charge on any atom is 0.257 e. The number of carbonyl (C=O) groups excluding carboxylic acids is 1. The summed E-state index contributed by atoms with van der Waals surface area (Å²) in [5, 5.41) is 6.87. The Morgan fingerprint density at radius 2 is 2.13 bits per heavy atom. The number of amides is 1. The molecule has 23 heavy (non-hydrogen) atoms. The molecule has 6 heteroatoms. The molecule has 0 unspecified atom stereocenters. The molecule has 1 amide bonds. The van der Waals surface area contributed by atoms with Crippen LogP contribution in [0.2, 0.25) is 0 Å². The van der Waals surface area contributed by atoms with Gasteiger partial charge < -0.3 is 15.6 Å². The van der Waals surface area contributed by atoms with E-state index in [-0.39, 0.29) is 5.91 Å². The summed E-state index contributed by atoms with van der Waals surface area (Å²) >= 11 is 0. The van der Waals surface area contributed by atoms with Crippen molar-refractivity contribution >= 4 is 11.6 Å². The van der Waals surface area contributed by atoms with Crippen LogP contribution in [0.15, 0.2) is 22.7 Å². The molecule has 122 valence electrons. The summed E-state index contributed by atoms with van der Waals surface area (Å²) in [7, 11) is 0. The van der Waals surface area contributed by atoms with E-state index in [1.54, 1.807) is 0 Å². The molecule has 1 heterocycles. The second-order valence-electron chi connectivity index (χ2n) is 6.22. The molecular formula is C17H22N4O2. The highest BCUT2D eigenvalue weighted by Gasteiger charge is 2.37. The molecule has 1 aliphatic rings. The second kappa shape index (κ2) is 6.12. The number of carbonyl (C=O) groups is 1. The predicted octanol–water partition coefficient (Wildman–Crippen LogP) is 2.82. The van der Waals surface area contributed by atoms with Crippen LogP contribution in [-0.4, -0.2) is 21.6 Å². The number of aromatic nitrogens is 2. The SMILES string of the molecule is CCc1noc(-c2ccc(C)c(NC(=O)C3(N)CCCC3)c2)n1. The van der Waals surface area contributed by atoms with E-state index in [9.17, 15) is 4.79 Å². The standard InChI is InChI=1S/C17H22N4O2/c1-3-14-20-15(23-21-14)12-7-6-11(2)13(10-12)19-16(22)17(18)8-4-5-9-17/h6-7,10H,3-5,8-9,18H2,1-2H3,(H,19,22). The minimum Gasteiger partial charge on any atom is -0.334 e. The molecule has 2 aromatic rings. The van der Waals surface area contributed by atoms with E-state index >= 15 is 0 Å². The van der Waals surface area contributed by atoms with Crippen LogP contribution in [0.1, 0.15) is 44.0 Å². The van der Waals surface area contributed by atoms with E-state index in [0.717, 1.165) is 42.5 Å². The van der Waals surface area contributed by atoms with Crippen LogP contribution in [0.4, 0.5) is 5.69 Å². The van der Waals surface area contributed by atoms with Gasteiger partial charge in [-0.1, -0.05) is 31.0 Å². The normalized spacial score (nSPS) is 16.5. The number of hydrogen-bond acceptors (Lipinski definition) is 5. The number of nitrogens with zero attached hydrogens (tertiary/aromatic N) is 2. The molecule has 3 rings (SSSR count). The summed E-state index contributed by atoms with van der Waals surface area (Å²) in [5.74, 6) is 1.01. The van der Waals surface area contributed by atoms with E-state index in [1.165, 1.54) is 0 Å². The van der Waals surface area contributed by atoms with E-state index in [2.05, 4.69) is 15.5 Å². The van der Waals surface area contributed by atoms with Gasteiger partial charge in [0.25, 0.3) is 5.89 Å². The molecule has 1 aliphatic carbocycles. The Labute approximate surface area is 135 Å². The van der Waals surface area contributed by atoms with Crippen molar-refractivity contribution in [3.8, 4) is 11.5 Å². The van der Waals surface area contributed by atoms with Gasteiger partial charge in [0.05, 0.1) is 5.54 Å². The second-order valence-corrected chi connectivity index (χ2v) is 6.22. The zero-order chi connectivity index (χ0) is 16.4. The van der Waals surface area contributed by atoms with E-state index in [4.69, 9.17) is 10.3 Å². The quantitative estimate of drug-likeness (QED) is 0.905. The Bertz CT molecular complexity index is 717. The smallest absolute Gasteiger partial charge is 0.257 e.